The van der Waals surface area contributed by atoms with Crippen LogP contribution in [0.4, 0.5) is 0 Å². The molecule has 0 aromatic rings. The zero-order chi connectivity index (χ0) is 7.99. The molecule has 0 radical (unpaired) electrons. The summed E-state index contributed by atoms with van der Waals surface area (Å²) in [5, 5.41) is 8.95. The minimum atomic E-state index is -2.98. The Morgan fingerprint density at radius 2 is 2.10 bits per heavy atom. The van der Waals surface area contributed by atoms with Gasteiger partial charge in [-0.15, -0.1) is 0 Å². The molecule has 1 aliphatic rings. The summed E-state index contributed by atoms with van der Waals surface area (Å²) in [5.41, 5.74) is -0.988. The molecular formula is C6H12O3S. The first-order chi connectivity index (χ1) is 4.33. The highest BCUT2D eigenvalue weighted by Crippen LogP contribution is 2.28. The molecule has 0 aliphatic carbocycles. The number of hydrogen-bond donors (Lipinski definition) is 1. The lowest BCUT2D eigenvalue weighted by molar-refractivity contribution is 0.0840. The molecule has 0 spiro atoms. The van der Waals surface area contributed by atoms with E-state index in [0.29, 0.717) is 6.42 Å². The third kappa shape index (κ3) is 1.32. The van der Waals surface area contributed by atoms with Crippen molar-refractivity contribution in [3.05, 3.63) is 0 Å². The summed E-state index contributed by atoms with van der Waals surface area (Å²) in [6.45, 7) is 3.20. The smallest absolute Gasteiger partial charge is 0.155 e. The average Bonchev–Trinajstić information content (AvgIpc) is 1.73. The van der Waals surface area contributed by atoms with Crippen LogP contribution in [-0.4, -0.2) is 30.1 Å². The topological polar surface area (TPSA) is 54.4 Å². The van der Waals surface area contributed by atoms with E-state index < -0.39 is 15.4 Å². The highest BCUT2D eigenvalue weighted by molar-refractivity contribution is 7.92. The van der Waals surface area contributed by atoms with Crippen molar-refractivity contribution in [2.24, 2.45) is 0 Å². The molecule has 0 unspecified atom stereocenters. The number of aliphatic hydroxyl groups is 1. The maximum absolute atomic E-state index is 11.0. The van der Waals surface area contributed by atoms with Gasteiger partial charge in [0.1, 0.15) is 0 Å². The Balaban J connectivity index is 2.92. The predicted octanol–water partition coefficient (Wildman–Crippen LogP) is -0.0556. The minimum Gasteiger partial charge on any atom is -0.389 e. The third-order valence-corrected chi connectivity index (χ3v) is 4.27. The van der Waals surface area contributed by atoms with Gasteiger partial charge in [0.05, 0.1) is 16.6 Å². The molecular weight excluding hydrogens is 152 g/mol. The normalized spacial score (nSPS) is 45.7. The van der Waals surface area contributed by atoms with Gasteiger partial charge in [0, 0.05) is 0 Å². The van der Waals surface area contributed by atoms with Crippen molar-refractivity contribution in [2.45, 2.75) is 31.1 Å². The molecule has 3 nitrogen and oxygen atoms in total. The fourth-order valence-corrected chi connectivity index (χ4v) is 3.26. The van der Waals surface area contributed by atoms with E-state index in [9.17, 15) is 13.5 Å². The van der Waals surface area contributed by atoms with E-state index in [1.54, 1.807) is 13.8 Å². The standard InChI is InChI=1S/C6H12O3S/c1-5-3-6(2,7)4-10(5,8)9/h5,7H,3-4H2,1-2H3/t5-,6+/m1/s1. The van der Waals surface area contributed by atoms with Gasteiger partial charge in [-0.3, -0.25) is 0 Å². The van der Waals surface area contributed by atoms with Gasteiger partial charge in [0.25, 0.3) is 0 Å². The Hall–Kier alpha value is -0.0900. The van der Waals surface area contributed by atoms with Gasteiger partial charge in [0.15, 0.2) is 9.84 Å². The van der Waals surface area contributed by atoms with Gasteiger partial charge >= 0.3 is 0 Å². The van der Waals surface area contributed by atoms with Crippen LogP contribution in [0.1, 0.15) is 20.3 Å². The predicted molar refractivity (Wildman–Crippen MR) is 38.5 cm³/mol. The molecule has 1 rings (SSSR count). The molecule has 4 heteroatoms. The molecule has 0 saturated carbocycles. The Bertz CT molecular complexity index is 227. The molecule has 1 fully saturated rings. The Kier molecular flexibility index (Phi) is 1.56. The summed E-state index contributed by atoms with van der Waals surface area (Å²) >= 11 is 0. The molecule has 1 aliphatic heterocycles. The van der Waals surface area contributed by atoms with Crippen LogP contribution in [0.5, 0.6) is 0 Å². The lowest BCUT2D eigenvalue weighted by Crippen LogP contribution is -2.24. The van der Waals surface area contributed by atoms with Gasteiger partial charge in [-0.2, -0.15) is 0 Å². The lowest BCUT2D eigenvalue weighted by Gasteiger charge is -2.11. The van der Waals surface area contributed by atoms with Crippen molar-refractivity contribution in [1.82, 2.24) is 0 Å². The molecule has 1 saturated heterocycles. The quantitative estimate of drug-likeness (QED) is 0.546. The van der Waals surface area contributed by atoms with Gasteiger partial charge in [0.2, 0.25) is 0 Å². The third-order valence-electron chi connectivity index (χ3n) is 1.85. The molecule has 0 amide bonds. The first-order valence-corrected chi connectivity index (χ1v) is 4.99. The second-order valence-electron chi connectivity index (χ2n) is 3.32. The van der Waals surface area contributed by atoms with E-state index in [2.05, 4.69) is 0 Å². The summed E-state index contributed by atoms with van der Waals surface area (Å²) in [6, 6.07) is 0. The second-order valence-corrected chi connectivity index (χ2v) is 5.74. The van der Waals surface area contributed by atoms with E-state index in [4.69, 9.17) is 0 Å². The van der Waals surface area contributed by atoms with E-state index in [1.807, 2.05) is 0 Å². The molecule has 2 atom stereocenters. The maximum Gasteiger partial charge on any atom is 0.155 e. The fraction of sp³-hybridized carbons (Fsp3) is 1.00. The van der Waals surface area contributed by atoms with Gasteiger partial charge in [-0.1, -0.05) is 0 Å². The van der Waals surface area contributed by atoms with Crippen molar-refractivity contribution >= 4 is 9.84 Å². The second kappa shape index (κ2) is 1.95. The Morgan fingerprint density at radius 3 is 2.20 bits per heavy atom. The van der Waals surface area contributed by atoms with Crippen LogP contribution >= 0.6 is 0 Å². The molecule has 0 bridgehead atoms. The summed E-state index contributed by atoms with van der Waals surface area (Å²) < 4.78 is 22.0. The maximum atomic E-state index is 11.0. The molecule has 1 heterocycles. The number of hydrogen-bond acceptors (Lipinski definition) is 3. The van der Waals surface area contributed by atoms with Crippen molar-refractivity contribution in [1.29, 1.82) is 0 Å². The van der Waals surface area contributed by atoms with Crippen LogP contribution in [0.15, 0.2) is 0 Å². The van der Waals surface area contributed by atoms with Crippen molar-refractivity contribution < 1.29 is 13.5 Å². The monoisotopic (exact) mass is 164 g/mol. The molecule has 60 valence electrons. The van der Waals surface area contributed by atoms with Gasteiger partial charge in [-0.25, -0.2) is 8.42 Å². The van der Waals surface area contributed by atoms with Crippen LogP contribution in [0, 0.1) is 0 Å². The highest BCUT2D eigenvalue weighted by Gasteiger charge is 2.42. The first kappa shape index (κ1) is 8.01. The lowest BCUT2D eigenvalue weighted by atomic mass is 10.0. The minimum absolute atomic E-state index is 0.0822. The van der Waals surface area contributed by atoms with Crippen LogP contribution in [0.3, 0.4) is 0 Å². The number of sulfone groups is 1. The fourth-order valence-electron chi connectivity index (χ4n) is 1.38. The largest absolute Gasteiger partial charge is 0.389 e. The zero-order valence-electron chi connectivity index (χ0n) is 6.16. The summed E-state index contributed by atoms with van der Waals surface area (Å²) in [7, 11) is -2.98. The summed E-state index contributed by atoms with van der Waals surface area (Å²) in [4.78, 5) is 0. The molecule has 1 N–H and O–H groups in total. The highest BCUT2D eigenvalue weighted by atomic mass is 32.2. The van der Waals surface area contributed by atoms with E-state index in [1.165, 1.54) is 0 Å². The van der Waals surface area contributed by atoms with E-state index in [0.717, 1.165) is 0 Å². The van der Waals surface area contributed by atoms with Crippen molar-refractivity contribution in [3.8, 4) is 0 Å². The van der Waals surface area contributed by atoms with E-state index in [-0.39, 0.29) is 11.0 Å². The Morgan fingerprint density at radius 1 is 1.60 bits per heavy atom. The summed E-state index contributed by atoms with van der Waals surface area (Å²) in [6.07, 6.45) is 0.370. The molecule has 0 aromatic carbocycles. The van der Waals surface area contributed by atoms with Crippen LogP contribution in [0.2, 0.25) is 0 Å². The molecule has 10 heavy (non-hydrogen) atoms. The zero-order valence-corrected chi connectivity index (χ0v) is 6.98. The number of rotatable bonds is 0. The van der Waals surface area contributed by atoms with Gasteiger partial charge < -0.3 is 5.11 Å². The Labute approximate surface area is 61.0 Å². The van der Waals surface area contributed by atoms with Crippen LogP contribution < -0.4 is 0 Å². The molecule has 0 aromatic heterocycles. The average molecular weight is 164 g/mol. The SMILES string of the molecule is C[C@@H]1C[C@](C)(O)CS1(=O)=O. The van der Waals surface area contributed by atoms with Crippen LogP contribution in [0.25, 0.3) is 0 Å². The van der Waals surface area contributed by atoms with Crippen LogP contribution in [-0.2, 0) is 9.84 Å². The summed E-state index contributed by atoms with van der Waals surface area (Å²) in [5.74, 6) is -0.0822. The van der Waals surface area contributed by atoms with E-state index >= 15 is 0 Å². The first-order valence-electron chi connectivity index (χ1n) is 3.27. The van der Waals surface area contributed by atoms with Gasteiger partial charge in [-0.05, 0) is 20.3 Å². The van der Waals surface area contributed by atoms with Crippen molar-refractivity contribution in [3.63, 3.8) is 0 Å². The van der Waals surface area contributed by atoms with Crippen molar-refractivity contribution in [2.75, 3.05) is 5.75 Å².